The van der Waals surface area contributed by atoms with E-state index in [9.17, 15) is 9.59 Å². The van der Waals surface area contributed by atoms with Gasteiger partial charge in [-0.3, -0.25) is 9.69 Å². The third-order valence-electron chi connectivity index (χ3n) is 3.39. The molecule has 102 valence electrons. The Labute approximate surface area is 114 Å². The van der Waals surface area contributed by atoms with E-state index in [0.29, 0.717) is 30.3 Å². The van der Waals surface area contributed by atoms with Crippen LogP contribution in [0.2, 0.25) is 0 Å². The number of rotatable bonds is 3. The molecule has 0 radical (unpaired) electrons. The molecule has 2 aliphatic heterocycles. The molecule has 2 saturated heterocycles. The van der Waals surface area contributed by atoms with Crippen molar-refractivity contribution in [2.45, 2.75) is 31.8 Å². The van der Waals surface area contributed by atoms with Crippen LogP contribution in [0.1, 0.15) is 25.1 Å². The van der Waals surface area contributed by atoms with Gasteiger partial charge < -0.3 is 9.84 Å². The Hall–Kier alpha value is -1.57. The van der Waals surface area contributed by atoms with Crippen molar-refractivity contribution in [2.75, 3.05) is 11.5 Å². The molecule has 3 rings (SSSR count). The van der Waals surface area contributed by atoms with Gasteiger partial charge in [-0.15, -0.1) is 0 Å². The number of nitrogens with one attached hydrogen (secondary N) is 1. The summed E-state index contributed by atoms with van der Waals surface area (Å²) in [4.78, 5) is 29.6. The minimum atomic E-state index is -0.713. The molecule has 1 spiro atoms. The molecule has 0 bridgehead atoms. The van der Waals surface area contributed by atoms with Crippen LogP contribution in [0.5, 0.6) is 0 Å². The fourth-order valence-electron chi connectivity index (χ4n) is 2.29. The second-order valence-corrected chi connectivity index (χ2v) is 5.77. The van der Waals surface area contributed by atoms with Crippen LogP contribution in [0.25, 0.3) is 0 Å². The maximum Gasteiger partial charge on any atom is 0.325 e. The molecule has 0 unspecified atom stereocenters. The number of aryl methyl sites for hydroxylation is 1. The van der Waals surface area contributed by atoms with Crippen LogP contribution in [0, 0.1) is 0 Å². The van der Waals surface area contributed by atoms with E-state index in [0.717, 1.165) is 5.75 Å². The van der Waals surface area contributed by atoms with Gasteiger partial charge in [0.2, 0.25) is 5.89 Å². The number of urea groups is 1. The normalized spacial score (nSPS) is 26.5. The Morgan fingerprint density at radius 1 is 1.53 bits per heavy atom. The molecule has 1 atom stereocenters. The van der Waals surface area contributed by atoms with Crippen LogP contribution in [0.4, 0.5) is 4.79 Å². The molecule has 1 aromatic heterocycles. The summed E-state index contributed by atoms with van der Waals surface area (Å²) in [7, 11) is 0. The Morgan fingerprint density at radius 2 is 2.37 bits per heavy atom. The van der Waals surface area contributed by atoms with Crippen molar-refractivity contribution in [2.24, 2.45) is 0 Å². The first-order valence-corrected chi connectivity index (χ1v) is 7.33. The average Bonchev–Trinajstić information content (AvgIpc) is 3.08. The quantitative estimate of drug-likeness (QED) is 0.815. The first-order valence-electron chi connectivity index (χ1n) is 6.18. The number of nitrogens with zero attached hydrogens (tertiary/aromatic N) is 3. The summed E-state index contributed by atoms with van der Waals surface area (Å²) < 4.78 is 5.02. The smallest absolute Gasteiger partial charge is 0.325 e. The molecule has 3 heterocycles. The SMILES string of the molecule is CCc1noc(CN2C(=O)N[C@@]3(CCSC3)C2=O)n1. The summed E-state index contributed by atoms with van der Waals surface area (Å²) in [5, 5.41) is 6.55. The Morgan fingerprint density at radius 3 is 3.00 bits per heavy atom. The molecule has 8 heteroatoms. The fraction of sp³-hybridized carbons (Fsp3) is 0.636. The number of amides is 3. The molecular weight excluding hydrogens is 268 g/mol. The van der Waals surface area contributed by atoms with Gasteiger partial charge in [0.1, 0.15) is 12.1 Å². The highest BCUT2D eigenvalue weighted by Crippen LogP contribution is 2.33. The zero-order chi connectivity index (χ0) is 13.5. The number of thioether (sulfide) groups is 1. The number of imide groups is 1. The van der Waals surface area contributed by atoms with Crippen LogP contribution in [0.15, 0.2) is 4.52 Å². The number of hydrogen-bond donors (Lipinski definition) is 1. The van der Waals surface area contributed by atoms with Gasteiger partial charge in [0.15, 0.2) is 5.82 Å². The van der Waals surface area contributed by atoms with Crippen LogP contribution in [0.3, 0.4) is 0 Å². The molecule has 19 heavy (non-hydrogen) atoms. The summed E-state index contributed by atoms with van der Waals surface area (Å²) in [6.07, 6.45) is 1.34. The van der Waals surface area contributed by atoms with E-state index in [1.807, 2.05) is 6.92 Å². The van der Waals surface area contributed by atoms with Crippen LogP contribution >= 0.6 is 11.8 Å². The van der Waals surface area contributed by atoms with Gasteiger partial charge in [-0.25, -0.2) is 4.79 Å². The van der Waals surface area contributed by atoms with Crippen molar-refractivity contribution in [3.8, 4) is 0 Å². The van der Waals surface area contributed by atoms with Gasteiger partial charge in [-0.05, 0) is 12.2 Å². The zero-order valence-electron chi connectivity index (χ0n) is 10.5. The lowest BCUT2D eigenvalue weighted by Crippen LogP contribution is -2.46. The minimum absolute atomic E-state index is 0.0457. The topological polar surface area (TPSA) is 88.3 Å². The summed E-state index contributed by atoms with van der Waals surface area (Å²) in [6.45, 7) is 1.96. The Balaban J connectivity index is 1.77. The molecule has 7 nitrogen and oxygen atoms in total. The number of carbonyl (C=O) groups excluding carboxylic acids is 2. The van der Waals surface area contributed by atoms with Crippen molar-refractivity contribution < 1.29 is 14.1 Å². The molecule has 1 N–H and O–H groups in total. The molecule has 2 aliphatic rings. The van der Waals surface area contributed by atoms with E-state index < -0.39 is 5.54 Å². The van der Waals surface area contributed by atoms with Gasteiger partial charge in [-0.2, -0.15) is 16.7 Å². The molecular formula is C11H14N4O3S. The Bertz CT molecular complexity index is 524. The second kappa shape index (κ2) is 4.52. The van der Waals surface area contributed by atoms with Gasteiger partial charge in [0.05, 0.1) is 0 Å². The minimum Gasteiger partial charge on any atom is -0.337 e. The van der Waals surface area contributed by atoms with Crippen molar-refractivity contribution in [1.82, 2.24) is 20.4 Å². The number of aromatic nitrogens is 2. The third-order valence-corrected chi connectivity index (χ3v) is 4.58. The predicted molar refractivity (Wildman–Crippen MR) is 67.4 cm³/mol. The Kier molecular flexibility index (Phi) is 2.96. The van der Waals surface area contributed by atoms with Crippen LogP contribution < -0.4 is 5.32 Å². The molecule has 0 aliphatic carbocycles. The highest BCUT2D eigenvalue weighted by atomic mass is 32.2. The highest BCUT2D eigenvalue weighted by molar-refractivity contribution is 7.99. The van der Waals surface area contributed by atoms with E-state index in [2.05, 4.69) is 15.5 Å². The van der Waals surface area contributed by atoms with Crippen molar-refractivity contribution in [3.05, 3.63) is 11.7 Å². The summed E-state index contributed by atoms with van der Waals surface area (Å²) in [6, 6.07) is -0.372. The molecule has 0 saturated carbocycles. The van der Waals surface area contributed by atoms with E-state index in [1.54, 1.807) is 11.8 Å². The van der Waals surface area contributed by atoms with Crippen molar-refractivity contribution in [1.29, 1.82) is 0 Å². The van der Waals surface area contributed by atoms with Crippen LogP contribution in [-0.2, 0) is 17.8 Å². The monoisotopic (exact) mass is 282 g/mol. The standard InChI is InChI=1S/C11H14N4O3S/c1-2-7-12-8(18-14-7)5-15-9(16)11(13-10(15)17)3-4-19-6-11/h2-6H2,1H3,(H,13,17)/t11-/m1/s1. The third kappa shape index (κ3) is 1.99. The fourth-order valence-corrected chi connectivity index (χ4v) is 3.61. The summed E-state index contributed by atoms with van der Waals surface area (Å²) in [5.74, 6) is 2.22. The van der Waals surface area contributed by atoms with E-state index in [1.165, 1.54) is 4.90 Å². The first-order chi connectivity index (χ1) is 9.14. The molecule has 0 aromatic carbocycles. The van der Waals surface area contributed by atoms with E-state index in [4.69, 9.17) is 4.52 Å². The molecule has 3 amide bonds. The summed E-state index contributed by atoms with van der Waals surface area (Å²) in [5.41, 5.74) is -0.713. The summed E-state index contributed by atoms with van der Waals surface area (Å²) >= 11 is 1.68. The number of hydrogen-bond acceptors (Lipinski definition) is 6. The van der Waals surface area contributed by atoms with E-state index in [-0.39, 0.29) is 18.5 Å². The largest absolute Gasteiger partial charge is 0.337 e. The van der Waals surface area contributed by atoms with Crippen molar-refractivity contribution in [3.63, 3.8) is 0 Å². The highest BCUT2D eigenvalue weighted by Gasteiger charge is 2.53. The average molecular weight is 282 g/mol. The van der Waals surface area contributed by atoms with Crippen LogP contribution in [-0.4, -0.2) is 44.0 Å². The molecule has 1 aromatic rings. The van der Waals surface area contributed by atoms with Crippen molar-refractivity contribution >= 4 is 23.7 Å². The van der Waals surface area contributed by atoms with Gasteiger partial charge in [0.25, 0.3) is 5.91 Å². The zero-order valence-corrected chi connectivity index (χ0v) is 11.3. The lowest BCUT2D eigenvalue weighted by molar-refractivity contribution is -0.131. The second-order valence-electron chi connectivity index (χ2n) is 4.66. The first kappa shape index (κ1) is 12.5. The van der Waals surface area contributed by atoms with Gasteiger partial charge in [-0.1, -0.05) is 12.1 Å². The van der Waals surface area contributed by atoms with Gasteiger partial charge in [0, 0.05) is 12.2 Å². The van der Waals surface area contributed by atoms with Gasteiger partial charge >= 0.3 is 6.03 Å². The molecule has 2 fully saturated rings. The van der Waals surface area contributed by atoms with E-state index >= 15 is 0 Å². The lowest BCUT2D eigenvalue weighted by atomic mass is 9.99. The predicted octanol–water partition coefficient (Wildman–Crippen LogP) is 0.559. The number of carbonyl (C=O) groups is 2. The maximum absolute atomic E-state index is 12.4. The maximum atomic E-state index is 12.4. The lowest BCUT2D eigenvalue weighted by Gasteiger charge is -2.18.